The summed E-state index contributed by atoms with van der Waals surface area (Å²) in [5.41, 5.74) is 2.58. The molecule has 1 aromatic carbocycles. The molecule has 1 unspecified atom stereocenters. The van der Waals surface area contributed by atoms with Gasteiger partial charge in [-0.25, -0.2) is 0 Å². The molecule has 4 heteroatoms. The van der Waals surface area contributed by atoms with E-state index in [-0.39, 0.29) is 17.9 Å². The molecular weight excluding hydrogens is 276 g/mol. The third kappa shape index (κ3) is 3.49. The first-order valence-electron chi connectivity index (χ1n) is 7.89. The molecule has 0 radical (unpaired) electrons. The Morgan fingerprint density at radius 1 is 1.23 bits per heavy atom. The van der Waals surface area contributed by atoms with Crippen LogP contribution in [0.15, 0.2) is 18.2 Å². The number of carbonyl (C=O) groups excluding carboxylic acids is 2. The van der Waals surface area contributed by atoms with Gasteiger partial charge in [0.05, 0.1) is 0 Å². The van der Waals surface area contributed by atoms with Gasteiger partial charge in [0.1, 0.15) is 6.04 Å². The van der Waals surface area contributed by atoms with Gasteiger partial charge in [-0.3, -0.25) is 9.59 Å². The summed E-state index contributed by atoms with van der Waals surface area (Å²) in [6, 6.07) is 5.60. The Bertz CT molecular complexity index is 587. The van der Waals surface area contributed by atoms with Crippen LogP contribution >= 0.6 is 0 Å². The lowest BCUT2D eigenvalue weighted by Gasteiger charge is -2.30. The minimum Gasteiger partial charge on any atom is -0.330 e. The number of amides is 2. The highest BCUT2D eigenvalue weighted by Crippen LogP contribution is 2.26. The van der Waals surface area contributed by atoms with Crippen LogP contribution in [0.3, 0.4) is 0 Å². The molecule has 22 heavy (non-hydrogen) atoms. The maximum absolute atomic E-state index is 12.6. The molecule has 1 aromatic rings. The number of benzene rings is 1. The molecule has 0 aromatic heterocycles. The van der Waals surface area contributed by atoms with Crippen molar-refractivity contribution in [1.82, 2.24) is 4.90 Å². The van der Waals surface area contributed by atoms with Crippen LogP contribution in [0, 0.1) is 19.3 Å². The topological polar surface area (TPSA) is 49.4 Å². The highest BCUT2D eigenvalue weighted by Gasteiger charge is 2.38. The molecule has 0 aliphatic carbocycles. The van der Waals surface area contributed by atoms with Crippen LogP contribution in [0.4, 0.5) is 5.69 Å². The van der Waals surface area contributed by atoms with Crippen molar-refractivity contribution in [2.24, 2.45) is 5.41 Å². The summed E-state index contributed by atoms with van der Waals surface area (Å²) in [6.07, 6.45) is 1.62. The molecule has 1 aliphatic rings. The van der Waals surface area contributed by atoms with Crippen LogP contribution in [0.2, 0.25) is 0 Å². The summed E-state index contributed by atoms with van der Waals surface area (Å²) in [5.74, 6) is -0.0344. The van der Waals surface area contributed by atoms with Gasteiger partial charge in [0, 0.05) is 17.6 Å². The van der Waals surface area contributed by atoms with Crippen LogP contribution in [0.5, 0.6) is 0 Å². The normalized spacial score (nSPS) is 18.4. The van der Waals surface area contributed by atoms with Crippen molar-refractivity contribution in [2.45, 2.75) is 53.5 Å². The predicted molar refractivity (Wildman–Crippen MR) is 88.7 cm³/mol. The Kier molecular flexibility index (Phi) is 4.59. The predicted octanol–water partition coefficient (Wildman–Crippen LogP) is 3.28. The molecule has 0 bridgehead atoms. The van der Waals surface area contributed by atoms with E-state index in [1.807, 2.05) is 52.8 Å². The third-order valence-electron chi connectivity index (χ3n) is 4.10. The van der Waals surface area contributed by atoms with Crippen LogP contribution in [0.1, 0.15) is 44.7 Å². The lowest BCUT2D eigenvalue weighted by molar-refractivity contribution is -0.143. The highest BCUT2D eigenvalue weighted by molar-refractivity contribution is 5.98. The number of aryl methyl sites for hydroxylation is 2. The van der Waals surface area contributed by atoms with Crippen LogP contribution < -0.4 is 5.32 Å². The fourth-order valence-electron chi connectivity index (χ4n) is 2.88. The smallest absolute Gasteiger partial charge is 0.247 e. The van der Waals surface area contributed by atoms with Gasteiger partial charge in [0.15, 0.2) is 0 Å². The summed E-state index contributed by atoms with van der Waals surface area (Å²) in [7, 11) is 0. The van der Waals surface area contributed by atoms with E-state index in [1.165, 1.54) is 5.56 Å². The first kappa shape index (κ1) is 16.5. The van der Waals surface area contributed by atoms with Crippen molar-refractivity contribution < 1.29 is 9.59 Å². The van der Waals surface area contributed by atoms with E-state index in [0.29, 0.717) is 6.54 Å². The number of nitrogens with one attached hydrogen (secondary N) is 1. The lowest BCUT2D eigenvalue weighted by Crippen LogP contribution is -2.47. The summed E-state index contributed by atoms with van der Waals surface area (Å²) < 4.78 is 0. The van der Waals surface area contributed by atoms with E-state index in [4.69, 9.17) is 0 Å². The van der Waals surface area contributed by atoms with Crippen molar-refractivity contribution in [2.75, 3.05) is 11.9 Å². The van der Waals surface area contributed by atoms with E-state index in [2.05, 4.69) is 5.32 Å². The quantitative estimate of drug-likeness (QED) is 0.911. The number of hydrogen-bond acceptors (Lipinski definition) is 2. The molecule has 1 atom stereocenters. The molecule has 0 spiro atoms. The van der Waals surface area contributed by atoms with E-state index in [9.17, 15) is 9.59 Å². The summed E-state index contributed by atoms with van der Waals surface area (Å²) >= 11 is 0. The van der Waals surface area contributed by atoms with E-state index >= 15 is 0 Å². The lowest BCUT2D eigenvalue weighted by atomic mass is 9.94. The maximum Gasteiger partial charge on any atom is 0.247 e. The van der Waals surface area contributed by atoms with Crippen LogP contribution in [0.25, 0.3) is 0 Å². The van der Waals surface area contributed by atoms with Gasteiger partial charge in [-0.2, -0.15) is 0 Å². The first-order valence-corrected chi connectivity index (χ1v) is 7.89. The highest BCUT2D eigenvalue weighted by atomic mass is 16.2. The second kappa shape index (κ2) is 6.11. The van der Waals surface area contributed by atoms with Crippen molar-refractivity contribution in [1.29, 1.82) is 0 Å². The molecule has 1 heterocycles. The van der Waals surface area contributed by atoms with Gasteiger partial charge in [0.2, 0.25) is 11.8 Å². The molecular formula is C18H26N2O2. The van der Waals surface area contributed by atoms with Gasteiger partial charge in [-0.05, 0) is 38.3 Å². The van der Waals surface area contributed by atoms with E-state index in [0.717, 1.165) is 24.1 Å². The van der Waals surface area contributed by atoms with Gasteiger partial charge >= 0.3 is 0 Å². The summed E-state index contributed by atoms with van der Waals surface area (Å²) in [4.78, 5) is 26.8. The molecule has 2 rings (SSSR count). The average molecular weight is 302 g/mol. The number of hydrogen-bond donors (Lipinski definition) is 1. The average Bonchev–Trinajstić information content (AvgIpc) is 2.89. The molecule has 120 valence electrons. The Labute approximate surface area is 132 Å². The molecule has 2 amide bonds. The van der Waals surface area contributed by atoms with Crippen LogP contribution in [-0.2, 0) is 9.59 Å². The number of carbonyl (C=O) groups is 2. The zero-order valence-corrected chi connectivity index (χ0v) is 14.2. The standard InChI is InChI=1S/C18H26N2O2/c1-12-8-9-14(13(2)11-12)19-16(21)15-7-6-10-20(15)17(22)18(3,4)5/h8-9,11,15H,6-7,10H2,1-5H3,(H,19,21). The number of likely N-dealkylation sites (tertiary alicyclic amines) is 1. The van der Waals surface area contributed by atoms with Crippen LogP contribution in [-0.4, -0.2) is 29.3 Å². The van der Waals surface area contributed by atoms with E-state index in [1.54, 1.807) is 4.90 Å². The van der Waals surface area contributed by atoms with Gasteiger partial charge < -0.3 is 10.2 Å². The van der Waals surface area contributed by atoms with Crippen molar-refractivity contribution in [3.8, 4) is 0 Å². The van der Waals surface area contributed by atoms with Crippen molar-refractivity contribution in [3.63, 3.8) is 0 Å². The molecule has 1 fully saturated rings. The fraction of sp³-hybridized carbons (Fsp3) is 0.556. The molecule has 0 saturated carbocycles. The number of anilines is 1. The zero-order chi connectivity index (χ0) is 16.5. The van der Waals surface area contributed by atoms with Crippen molar-refractivity contribution >= 4 is 17.5 Å². The molecule has 1 saturated heterocycles. The third-order valence-corrected chi connectivity index (χ3v) is 4.10. The van der Waals surface area contributed by atoms with Gasteiger partial charge in [-0.1, -0.05) is 38.5 Å². The van der Waals surface area contributed by atoms with Gasteiger partial charge in [0.25, 0.3) is 0 Å². The molecule has 1 aliphatic heterocycles. The van der Waals surface area contributed by atoms with Gasteiger partial charge in [-0.15, -0.1) is 0 Å². The Morgan fingerprint density at radius 3 is 2.50 bits per heavy atom. The maximum atomic E-state index is 12.6. The Balaban J connectivity index is 2.13. The molecule has 1 N–H and O–H groups in total. The Morgan fingerprint density at radius 2 is 1.91 bits per heavy atom. The SMILES string of the molecule is Cc1ccc(NC(=O)C2CCCN2C(=O)C(C)(C)C)c(C)c1. The minimum absolute atomic E-state index is 0.0470. The minimum atomic E-state index is -0.456. The first-order chi connectivity index (χ1) is 10.2. The summed E-state index contributed by atoms with van der Waals surface area (Å²) in [6.45, 7) is 10.4. The number of nitrogens with zero attached hydrogens (tertiary/aromatic N) is 1. The second-order valence-electron chi connectivity index (χ2n) is 7.21. The number of rotatable bonds is 2. The molecule has 4 nitrogen and oxygen atoms in total. The van der Waals surface area contributed by atoms with E-state index < -0.39 is 5.41 Å². The zero-order valence-electron chi connectivity index (χ0n) is 14.2. The Hall–Kier alpha value is -1.84. The van der Waals surface area contributed by atoms with Crippen molar-refractivity contribution in [3.05, 3.63) is 29.3 Å². The largest absolute Gasteiger partial charge is 0.330 e. The summed E-state index contributed by atoms with van der Waals surface area (Å²) in [5, 5.41) is 2.98. The fourth-order valence-corrected chi connectivity index (χ4v) is 2.88. The second-order valence-corrected chi connectivity index (χ2v) is 7.21. The monoisotopic (exact) mass is 302 g/mol.